The molecule has 2 aromatic rings. The predicted molar refractivity (Wildman–Crippen MR) is 131 cm³/mol. The van der Waals surface area contributed by atoms with Crippen molar-refractivity contribution in [1.29, 1.82) is 0 Å². The first-order valence-corrected chi connectivity index (χ1v) is 12.5. The van der Waals surface area contributed by atoms with Gasteiger partial charge in [0.2, 0.25) is 5.91 Å². The predicted octanol–water partition coefficient (Wildman–Crippen LogP) is 4.93. The van der Waals surface area contributed by atoms with Gasteiger partial charge >= 0.3 is 0 Å². The maximum Gasteiger partial charge on any atom is 0.261 e. The molecule has 1 aliphatic carbocycles. The highest BCUT2D eigenvalue weighted by Gasteiger charge is 2.40. The zero-order chi connectivity index (χ0) is 22.5. The minimum absolute atomic E-state index is 0.00689. The van der Waals surface area contributed by atoms with Crippen LogP contribution in [0.15, 0.2) is 59.5 Å². The number of fused-ring (bicyclic) bond motifs is 1. The summed E-state index contributed by atoms with van der Waals surface area (Å²) in [4.78, 5) is 28.6. The maximum absolute atomic E-state index is 13.4. The van der Waals surface area contributed by atoms with Crippen LogP contribution in [0.1, 0.15) is 47.9 Å². The van der Waals surface area contributed by atoms with Gasteiger partial charge in [-0.3, -0.25) is 9.59 Å². The number of aryl methyl sites for hydroxylation is 2. The number of hydrogen-bond acceptors (Lipinski definition) is 3. The lowest BCUT2D eigenvalue weighted by Crippen LogP contribution is -2.51. The van der Waals surface area contributed by atoms with Crippen LogP contribution in [0.3, 0.4) is 0 Å². The van der Waals surface area contributed by atoms with Gasteiger partial charge in [-0.05, 0) is 44.2 Å². The molecule has 1 saturated heterocycles. The number of rotatable bonds is 6. The molecule has 2 amide bonds. The van der Waals surface area contributed by atoms with E-state index in [1.54, 1.807) is 11.8 Å². The lowest BCUT2D eigenvalue weighted by molar-refractivity contribution is -0.130. The second kappa shape index (κ2) is 10.4. The van der Waals surface area contributed by atoms with Gasteiger partial charge in [-0.1, -0.05) is 72.5 Å². The number of thioether (sulfide) groups is 1. The summed E-state index contributed by atoms with van der Waals surface area (Å²) in [5, 5.41) is 3.34. The summed E-state index contributed by atoms with van der Waals surface area (Å²) >= 11 is 1.61. The molecule has 4 rings (SSSR count). The van der Waals surface area contributed by atoms with Crippen molar-refractivity contribution in [3.63, 3.8) is 0 Å². The highest BCUT2D eigenvalue weighted by Crippen LogP contribution is 2.42. The van der Waals surface area contributed by atoms with Crippen LogP contribution in [0.4, 0.5) is 0 Å². The standard InChI is InChI=1S/C27H32N2O2S/c1-19-10-12-22(13-11-19)18-29-23-8-3-4-9-24(23)32-25(27(29)31)17-26(30)28-15-14-21-7-5-6-20(2)16-21/h5-7,10-13,16-17,23-24H,3-4,8-9,14-15,18H2,1-2H3,(H,28,30)/b25-17-. The van der Waals surface area contributed by atoms with Crippen molar-refractivity contribution < 1.29 is 9.59 Å². The topological polar surface area (TPSA) is 49.4 Å². The third-order valence-electron chi connectivity index (χ3n) is 6.35. The van der Waals surface area contributed by atoms with E-state index in [4.69, 9.17) is 0 Å². The zero-order valence-corrected chi connectivity index (χ0v) is 19.8. The molecule has 2 aromatic carbocycles. The highest BCUT2D eigenvalue weighted by molar-refractivity contribution is 8.04. The van der Waals surface area contributed by atoms with Crippen molar-refractivity contribution in [3.8, 4) is 0 Å². The summed E-state index contributed by atoms with van der Waals surface area (Å²) in [5.74, 6) is -0.189. The molecule has 0 spiro atoms. The first-order chi connectivity index (χ1) is 15.5. The van der Waals surface area contributed by atoms with Crippen LogP contribution in [0.5, 0.6) is 0 Å². The molecule has 0 aromatic heterocycles. The number of carbonyl (C=O) groups is 2. The monoisotopic (exact) mass is 448 g/mol. The lowest BCUT2D eigenvalue weighted by atomic mass is 9.92. The van der Waals surface area contributed by atoms with Gasteiger partial charge in [0.25, 0.3) is 5.91 Å². The van der Waals surface area contributed by atoms with E-state index in [9.17, 15) is 9.59 Å². The minimum Gasteiger partial charge on any atom is -0.352 e. The molecule has 2 atom stereocenters. The second-order valence-electron chi connectivity index (χ2n) is 8.97. The molecule has 5 heteroatoms. The summed E-state index contributed by atoms with van der Waals surface area (Å²) in [7, 11) is 0. The smallest absolute Gasteiger partial charge is 0.261 e. The molecule has 2 aliphatic rings. The fourth-order valence-corrected chi connectivity index (χ4v) is 6.06. The van der Waals surface area contributed by atoms with E-state index in [0.29, 0.717) is 23.2 Å². The van der Waals surface area contributed by atoms with Gasteiger partial charge in [-0.2, -0.15) is 0 Å². The van der Waals surface area contributed by atoms with Gasteiger partial charge in [-0.25, -0.2) is 0 Å². The van der Waals surface area contributed by atoms with E-state index in [1.165, 1.54) is 29.2 Å². The molecular weight excluding hydrogens is 416 g/mol. The number of hydrogen-bond donors (Lipinski definition) is 1. The molecule has 168 valence electrons. The third-order valence-corrected chi connectivity index (χ3v) is 7.75. The van der Waals surface area contributed by atoms with E-state index in [1.807, 2.05) is 11.0 Å². The van der Waals surface area contributed by atoms with Crippen molar-refractivity contribution in [3.05, 3.63) is 81.8 Å². The average Bonchev–Trinajstić information content (AvgIpc) is 2.78. The summed E-state index contributed by atoms with van der Waals surface area (Å²) in [5.41, 5.74) is 4.78. The minimum atomic E-state index is -0.182. The van der Waals surface area contributed by atoms with Gasteiger partial charge < -0.3 is 10.2 Å². The Morgan fingerprint density at radius 1 is 1.06 bits per heavy atom. The van der Waals surface area contributed by atoms with Crippen LogP contribution in [-0.2, 0) is 22.6 Å². The molecule has 0 radical (unpaired) electrons. The Balaban J connectivity index is 1.43. The van der Waals surface area contributed by atoms with E-state index in [0.717, 1.165) is 31.2 Å². The molecule has 1 saturated carbocycles. The lowest BCUT2D eigenvalue weighted by Gasteiger charge is -2.44. The van der Waals surface area contributed by atoms with E-state index in [2.05, 4.69) is 61.6 Å². The molecule has 4 nitrogen and oxygen atoms in total. The summed E-state index contributed by atoms with van der Waals surface area (Å²) in [6.07, 6.45) is 6.80. The normalized spacial score (nSPS) is 22.0. The molecule has 0 bridgehead atoms. The molecule has 1 aliphatic heterocycles. The third kappa shape index (κ3) is 5.63. The number of amides is 2. The van der Waals surface area contributed by atoms with E-state index in [-0.39, 0.29) is 17.9 Å². The van der Waals surface area contributed by atoms with Gasteiger partial charge in [0.15, 0.2) is 0 Å². The fraction of sp³-hybridized carbons (Fsp3) is 0.407. The summed E-state index contributed by atoms with van der Waals surface area (Å²) in [6.45, 7) is 5.30. The van der Waals surface area contributed by atoms with Gasteiger partial charge in [0.05, 0.1) is 4.91 Å². The van der Waals surface area contributed by atoms with Crippen LogP contribution in [0.25, 0.3) is 0 Å². The molecule has 2 unspecified atom stereocenters. The van der Waals surface area contributed by atoms with Crippen LogP contribution in [0, 0.1) is 13.8 Å². The Hall–Kier alpha value is -2.53. The van der Waals surface area contributed by atoms with Crippen LogP contribution in [-0.4, -0.2) is 34.6 Å². The Labute approximate surface area is 195 Å². The quantitative estimate of drug-likeness (QED) is 0.637. The number of benzene rings is 2. The van der Waals surface area contributed by atoms with Gasteiger partial charge in [-0.15, -0.1) is 11.8 Å². The highest BCUT2D eigenvalue weighted by atomic mass is 32.2. The molecule has 2 fully saturated rings. The van der Waals surface area contributed by atoms with Gasteiger partial charge in [0, 0.05) is 30.5 Å². The van der Waals surface area contributed by atoms with Crippen LogP contribution in [0.2, 0.25) is 0 Å². The van der Waals surface area contributed by atoms with Crippen molar-refractivity contribution in [2.24, 2.45) is 0 Å². The SMILES string of the molecule is Cc1ccc(CN2C(=O)/C(=C/C(=O)NCCc3cccc(C)c3)SC3CCCCC32)cc1. The first-order valence-electron chi connectivity index (χ1n) is 11.6. The Bertz CT molecular complexity index is 999. The Morgan fingerprint density at radius 2 is 1.84 bits per heavy atom. The fourth-order valence-electron chi connectivity index (χ4n) is 4.62. The number of nitrogens with one attached hydrogen (secondary N) is 1. The van der Waals surface area contributed by atoms with E-state index < -0.39 is 0 Å². The largest absolute Gasteiger partial charge is 0.352 e. The Morgan fingerprint density at radius 3 is 2.62 bits per heavy atom. The maximum atomic E-state index is 13.4. The second-order valence-corrected chi connectivity index (χ2v) is 10.2. The van der Waals surface area contributed by atoms with Crippen LogP contribution >= 0.6 is 11.8 Å². The number of nitrogens with zero attached hydrogens (tertiary/aromatic N) is 1. The molecule has 1 heterocycles. The van der Waals surface area contributed by atoms with Crippen molar-refractivity contribution >= 4 is 23.6 Å². The van der Waals surface area contributed by atoms with Crippen molar-refractivity contribution in [2.45, 2.75) is 63.8 Å². The molecule has 32 heavy (non-hydrogen) atoms. The molecular formula is C27H32N2O2S. The van der Waals surface area contributed by atoms with Crippen molar-refractivity contribution in [2.75, 3.05) is 6.54 Å². The van der Waals surface area contributed by atoms with Gasteiger partial charge in [0.1, 0.15) is 0 Å². The van der Waals surface area contributed by atoms with Crippen molar-refractivity contribution in [1.82, 2.24) is 10.2 Å². The summed E-state index contributed by atoms with van der Waals surface area (Å²) < 4.78 is 0. The molecule has 1 N–H and O–H groups in total. The van der Waals surface area contributed by atoms with E-state index >= 15 is 0 Å². The van der Waals surface area contributed by atoms with Crippen LogP contribution < -0.4 is 5.32 Å². The zero-order valence-electron chi connectivity index (χ0n) is 19.0. The summed E-state index contributed by atoms with van der Waals surface area (Å²) in [6, 6.07) is 17.0. The average molecular weight is 449 g/mol. The Kier molecular flexibility index (Phi) is 7.36. The first kappa shape index (κ1) is 22.7. The number of carbonyl (C=O) groups excluding carboxylic acids is 2.